The van der Waals surface area contributed by atoms with Crippen LogP contribution < -0.4 is 10.2 Å². The first-order chi connectivity index (χ1) is 19.0. The van der Waals surface area contributed by atoms with E-state index in [1.165, 1.54) is 44.3 Å². The first-order valence-electron chi connectivity index (χ1n) is 12.6. The van der Waals surface area contributed by atoms with E-state index in [0.717, 1.165) is 25.0 Å². The van der Waals surface area contributed by atoms with Crippen molar-refractivity contribution in [1.82, 2.24) is 14.6 Å². The lowest BCUT2D eigenvalue weighted by Crippen LogP contribution is -2.48. The molecule has 1 aromatic carbocycles. The molecule has 0 unspecified atom stereocenters. The van der Waals surface area contributed by atoms with Crippen molar-refractivity contribution in [3.8, 4) is 0 Å². The number of hydrogen-bond donors (Lipinski definition) is 2. The molecule has 1 aliphatic heterocycles. The average molecular weight is 595 g/mol. The first-order valence-corrected chi connectivity index (χ1v) is 14.9. The van der Waals surface area contributed by atoms with E-state index in [1.54, 1.807) is 0 Å². The smallest absolute Gasteiger partial charge is 0.355 e. The van der Waals surface area contributed by atoms with Gasteiger partial charge in [0.2, 0.25) is 16.4 Å². The van der Waals surface area contributed by atoms with Crippen molar-refractivity contribution >= 4 is 38.9 Å². The Morgan fingerprint density at radius 3 is 2.35 bits per heavy atom. The monoisotopic (exact) mass is 594 g/mol. The van der Waals surface area contributed by atoms with Gasteiger partial charge in [0.05, 0.1) is 4.90 Å². The summed E-state index contributed by atoms with van der Waals surface area (Å²) >= 11 is 1.19. The summed E-state index contributed by atoms with van der Waals surface area (Å²) in [4.78, 5) is 26.8. The molecule has 216 valence electrons. The standard InChI is InChI=1S/C15H15F2N3O4S2.C12H17NO/c16-13(17)10-1-3-11(4-2-10)26(23,24)20-7-5-19(6-8-20)15-18-12(9-25-15)14(21)22;1-10(2)12-5-3-4-11(6-7-12)8-13-9-14/h1-4,9,13H,5-8H2,(H,21,22);4-7,9-10H,3,8H2,1-2H3,(H,13,14). The van der Waals surface area contributed by atoms with Gasteiger partial charge in [-0.15, -0.1) is 11.3 Å². The molecule has 0 radical (unpaired) electrons. The zero-order chi connectivity index (χ0) is 29.3. The van der Waals surface area contributed by atoms with Gasteiger partial charge in [-0.2, -0.15) is 4.31 Å². The van der Waals surface area contributed by atoms with Crippen LogP contribution >= 0.6 is 11.3 Å². The second-order valence-electron chi connectivity index (χ2n) is 9.29. The summed E-state index contributed by atoms with van der Waals surface area (Å²) in [5, 5.41) is 13.5. The fraction of sp³-hybridized carbons (Fsp3) is 0.370. The van der Waals surface area contributed by atoms with Crippen LogP contribution in [0, 0.1) is 5.92 Å². The van der Waals surface area contributed by atoms with E-state index < -0.39 is 22.4 Å². The minimum absolute atomic E-state index is 0.0298. The minimum Gasteiger partial charge on any atom is -0.476 e. The van der Waals surface area contributed by atoms with Crippen LogP contribution in [-0.4, -0.2) is 67.9 Å². The Hall–Kier alpha value is -3.42. The van der Waals surface area contributed by atoms with Crippen LogP contribution in [0.1, 0.15) is 42.7 Å². The summed E-state index contributed by atoms with van der Waals surface area (Å²) in [6.07, 6.45) is 7.62. The summed E-state index contributed by atoms with van der Waals surface area (Å²) in [7, 11) is -3.77. The Bertz CT molecular complexity index is 1360. The highest BCUT2D eigenvalue weighted by atomic mass is 32.2. The molecule has 1 amide bonds. The number of piperazine rings is 1. The Kier molecular flexibility index (Phi) is 11.1. The number of hydrogen-bond acceptors (Lipinski definition) is 7. The number of benzene rings is 1. The van der Waals surface area contributed by atoms with E-state index in [4.69, 9.17) is 5.11 Å². The fourth-order valence-corrected chi connectivity index (χ4v) is 6.24. The molecule has 13 heteroatoms. The molecule has 1 fully saturated rings. The predicted octanol–water partition coefficient (Wildman–Crippen LogP) is 4.49. The number of aromatic nitrogens is 1. The molecule has 2 aromatic rings. The first kappa shape index (κ1) is 31.1. The molecule has 9 nitrogen and oxygen atoms in total. The molecule has 2 aliphatic rings. The topological polar surface area (TPSA) is 120 Å². The predicted molar refractivity (Wildman–Crippen MR) is 150 cm³/mol. The zero-order valence-corrected chi connectivity index (χ0v) is 23.8. The SMILES string of the molecule is CC(C)C1=CCC=C(CNC=O)C=C1.O=C(O)c1csc(N2CCN(S(=O)(=O)c3ccc(C(F)F)cc3)CC2)n1. The lowest BCUT2D eigenvalue weighted by molar-refractivity contribution is -0.109. The van der Waals surface area contributed by atoms with Gasteiger partial charge in [0.1, 0.15) is 0 Å². The lowest BCUT2D eigenvalue weighted by Gasteiger charge is -2.33. The molecule has 0 atom stereocenters. The minimum atomic E-state index is -3.77. The van der Waals surface area contributed by atoms with Gasteiger partial charge in [-0.1, -0.05) is 50.3 Å². The number of sulfonamides is 1. The molecule has 0 bridgehead atoms. The third-order valence-corrected chi connectivity index (χ3v) is 9.08. The normalized spacial score (nSPS) is 16.1. The Labute approximate surface area is 236 Å². The summed E-state index contributed by atoms with van der Waals surface area (Å²) in [5.41, 5.74) is 2.26. The second-order valence-corrected chi connectivity index (χ2v) is 12.1. The number of anilines is 1. The maximum Gasteiger partial charge on any atom is 0.355 e. The highest BCUT2D eigenvalue weighted by Crippen LogP contribution is 2.26. The largest absolute Gasteiger partial charge is 0.476 e. The van der Waals surface area contributed by atoms with E-state index in [2.05, 4.69) is 48.5 Å². The van der Waals surface area contributed by atoms with E-state index in [1.807, 2.05) is 4.90 Å². The number of halogens is 2. The third-order valence-electron chi connectivity index (χ3n) is 6.27. The quantitative estimate of drug-likeness (QED) is 0.411. The van der Waals surface area contributed by atoms with Crippen LogP contribution in [0.15, 0.2) is 70.0 Å². The van der Waals surface area contributed by atoms with Crippen molar-refractivity contribution in [1.29, 1.82) is 0 Å². The highest BCUT2D eigenvalue weighted by molar-refractivity contribution is 7.89. The van der Waals surface area contributed by atoms with Gasteiger partial charge in [0.25, 0.3) is 6.43 Å². The molecule has 4 rings (SSSR count). The highest BCUT2D eigenvalue weighted by Gasteiger charge is 2.29. The number of allylic oxidation sites excluding steroid dienone is 4. The van der Waals surface area contributed by atoms with Crippen molar-refractivity contribution in [3.63, 3.8) is 0 Å². The molecule has 1 saturated heterocycles. The molecule has 1 aromatic heterocycles. The molecular weight excluding hydrogens is 562 g/mol. The number of carbonyl (C=O) groups is 2. The van der Waals surface area contributed by atoms with Gasteiger partial charge in [-0.05, 0) is 35.6 Å². The molecule has 0 spiro atoms. The summed E-state index contributed by atoms with van der Waals surface area (Å²) in [6.45, 7) is 6.11. The zero-order valence-electron chi connectivity index (χ0n) is 22.2. The Balaban J connectivity index is 0.000000267. The van der Waals surface area contributed by atoms with E-state index in [9.17, 15) is 26.8 Å². The number of alkyl halides is 2. The van der Waals surface area contributed by atoms with Crippen LogP contribution in [-0.2, 0) is 14.8 Å². The summed E-state index contributed by atoms with van der Waals surface area (Å²) < 4.78 is 51.8. The molecule has 0 saturated carbocycles. The van der Waals surface area contributed by atoms with E-state index in [0.29, 0.717) is 30.7 Å². The number of carbonyl (C=O) groups excluding carboxylic acids is 1. The van der Waals surface area contributed by atoms with Gasteiger partial charge in [-0.25, -0.2) is 27.0 Å². The van der Waals surface area contributed by atoms with Gasteiger partial charge < -0.3 is 15.3 Å². The maximum atomic E-state index is 12.6. The molecule has 40 heavy (non-hydrogen) atoms. The average Bonchev–Trinajstić information content (AvgIpc) is 3.32. The van der Waals surface area contributed by atoms with E-state index >= 15 is 0 Å². The van der Waals surface area contributed by atoms with E-state index in [-0.39, 0.29) is 29.2 Å². The van der Waals surface area contributed by atoms with Crippen LogP contribution in [0.3, 0.4) is 0 Å². The van der Waals surface area contributed by atoms with Crippen molar-refractivity contribution in [2.75, 3.05) is 37.6 Å². The van der Waals surface area contributed by atoms with Crippen LogP contribution in [0.2, 0.25) is 0 Å². The molecule has 2 heterocycles. The van der Waals surface area contributed by atoms with Gasteiger partial charge in [-0.3, -0.25) is 4.79 Å². The number of amides is 1. The number of nitrogens with zero attached hydrogens (tertiary/aromatic N) is 3. The molecule has 2 N–H and O–H groups in total. The summed E-state index contributed by atoms with van der Waals surface area (Å²) in [6, 6.07) is 4.58. The Morgan fingerprint density at radius 1 is 1.12 bits per heavy atom. The maximum absolute atomic E-state index is 12.6. The third kappa shape index (κ3) is 8.29. The van der Waals surface area contributed by atoms with Crippen LogP contribution in [0.5, 0.6) is 0 Å². The second kappa shape index (κ2) is 14.3. The van der Waals surface area contributed by atoms with Crippen molar-refractivity contribution in [2.45, 2.75) is 31.6 Å². The number of rotatable bonds is 9. The summed E-state index contributed by atoms with van der Waals surface area (Å²) in [5.74, 6) is -0.543. The van der Waals surface area contributed by atoms with Gasteiger partial charge in [0, 0.05) is 43.7 Å². The fourth-order valence-electron chi connectivity index (χ4n) is 3.97. The number of carboxylic acids is 1. The number of nitrogens with one attached hydrogen (secondary N) is 1. The van der Waals surface area contributed by atoms with Crippen molar-refractivity contribution in [2.24, 2.45) is 5.92 Å². The van der Waals surface area contributed by atoms with Crippen molar-refractivity contribution in [3.05, 3.63) is 76.4 Å². The van der Waals surface area contributed by atoms with Crippen LogP contribution in [0.25, 0.3) is 0 Å². The number of thiazole rings is 1. The van der Waals surface area contributed by atoms with Crippen molar-refractivity contribution < 1.29 is 31.9 Å². The number of aromatic carboxylic acids is 1. The lowest BCUT2D eigenvalue weighted by atomic mass is 10.0. The Morgan fingerprint density at radius 2 is 1.80 bits per heavy atom. The van der Waals surface area contributed by atoms with Gasteiger partial charge in [0.15, 0.2) is 10.8 Å². The molecule has 1 aliphatic carbocycles. The van der Waals surface area contributed by atoms with Crippen LogP contribution in [0.4, 0.5) is 13.9 Å². The van der Waals surface area contributed by atoms with Gasteiger partial charge >= 0.3 is 5.97 Å². The number of carboxylic acid groups (broad SMARTS) is 1. The molecular formula is C27H32F2N4O5S2.